The summed E-state index contributed by atoms with van der Waals surface area (Å²) in [6.07, 6.45) is 4.27. The van der Waals surface area contributed by atoms with Gasteiger partial charge >= 0.3 is 0 Å². The highest BCUT2D eigenvalue weighted by Gasteiger charge is 2.08. The number of nitrogens with one attached hydrogen (secondary N) is 1. The van der Waals surface area contributed by atoms with E-state index in [0.717, 1.165) is 11.3 Å². The van der Waals surface area contributed by atoms with Crippen LogP contribution in [0.1, 0.15) is 16.2 Å². The van der Waals surface area contributed by atoms with Crippen LogP contribution in [-0.2, 0) is 0 Å². The van der Waals surface area contributed by atoms with E-state index in [4.69, 9.17) is 0 Å². The van der Waals surface area contributed by atoms with E-state index in [1.165, 1.54) is 24.5 Å². The average molecular weight is 306 g/mol. The number of carbonyl (C=O) groups excluding carboxylic acids is 1. The number of rotatable bonds is 3. The molecule has 0 saturated heterocycles. The lowest BCUT2D eigenvalue weighted by Gasteiger charge is -2.07. The van der Waals surface area contributed by atoms with Gasteiger partial charge in [-0.2, -0.15) is 4.73 Å². The monoisotopic (exact) mass is 306 g/mol. The number of carbonyl (C=O) groups is 1. The van der Waals surface area contributed by atoms with Gasteiger partial charge in [-0.15, -0.1) is 0 Å². The summed E-state index contributed by atoms with van der Waals surface area (Å²) in [6.45, 7) is 1.83. The zero-order valence-electron chi connectivity index (χ0n) is 12.4. The van der Waals surface area contributed by atoms with Crippen molar-refractivity contribution in [1.82, 2.24) is 9.97 Å². The maximum Gasteiger partial charge on any atom is 0.256 e. The standard InChI is InChI=1S/C17H14N4O2/c1-12-18-8-5-16(19-12)14-3-2-4-15(11-14)20-17(22)13-6-9-21(23)10-7-13/h2-11H,1H3,(H,20,22). The van der Waals surface area contributed by atoms with E-state index < -0.39 is 0 Å². The van der Waals surface area contributed by atoms with Gasteiger partial charge < -0.3 is 10.5 Å². The molecule has 3 rings (SSSR count). The number of hydrogen-bond donors (Lipinski definition) is 1. The van der Waals surface area contributed by atoms with Crippen LogP contribution in [0, 0.1) is 12.1 Å². The minimum atomic E-state index is -0.276. The van der Waals surface area contributed by atoms with Gasteiger partial charge in [0.05, 0.1) is 11.3 Å². The van der Waals surface area contributed by atoms with Gasteiger partial charge in [0.25, 0.3) is 5.91 Å². The molecule has 6 nitrogen and oxygen atoms in total. The second kappa shape index (κ2) is 6.23. The van der Waals surface area contributed by atoms with Gasteiger partial charge in [0, 0.05) is 29.6 Å². The van der Waals surface area contributed by atoms with E-state index in [1.807, 2.05) is 31.2 Å². The van der Waals surface area contributed by atoms with Crippen LogP contribution < -0.4 is 10.0 Å². The third-order valence-corrected chi connectivity index (χ3v) is 3.26. The minimum absolute atomic E-state index is 0.276. The highest BCUT2D eigenvalue weighted by Crippen LogP contribution is 2.21. The van der Waals surface area contributed by atoms with Gasteiger partial charge in [0.2, 0.25) is 0 Å². The Morgan fingerprint density at radius 2 is 1.96 bits per heavy atom. The van der Waals surface area contributed by atoms with E-state index in [1.54, 1.807) is 12.3 Å². The van der Waals surface area contributed by atoms with E-state index in [0.29, 0.717) is 21.8 Å². The summed E-state index contributed by atoms with van der Waals surface area (Å²) < 4.78 is 0.634. The van der Waals surface area contributed by atoms with Crippen LogP contribution in [-0.4, -0.2) is 15.9 Å². The Bertz CT molecular complexity index is 847. The number of anilines is 1. The topological polar surface area (TPSA) is 81.8 Å². The Morgan fingerprint density at radius 3 is 2.70 bits per heavy atom. The summed E-state index contributed by atoms with van der Waals surface area (Å²) in [5, 5.41) is 13.8. The van der Waals surface area contributed by atoms with Crippen molar-refractivity contribution in [2.45, 2.75) is 6.92 Å². The first-order valence-electron chi connectivity index (χ1n) is 7.02. The van der Waals surface area contributed by atoms with Gasteiger partial charge in [-0.25, -0.2) is 9.97 Å². The molecule has 0 saturated carbocycles. The van der Waals surface area contributed by atoms with Crippen molar-refractivity contribution in [2.24, 2.45) is 0 Å². The average Bonchev–Trinajstić information content (AvgIpc) is 2.56. The molecule has 6 heteroatoms. The lowest BCUT2D eigenvalue weighted by molar-refractivity contribution is -0.605. The lowest BCUT2D eigenvalue weighted by Crippen LogP contribution is -2.25. The molecule has 23 heavy (non-hydrogen) atoms. The molecule has 1 N–H and O–H groups in total. The fourth-order valence-electron chi connectivity index (χ4n) is 2.14. The van der Waals surface area contributed by atoms with Crippen molar-refractivity contribution in [1.29, 1.82) is 0 Å². The summed E-state index contributed by atoms with van der Waals surface area (Å²) in [5.74, 6) is 0.411. The Hall–Kier alpha value is -3.28. The second-order valence-corrected chi connectivity index (χ2v) is 4.97. The zero-order chi connectivity index (χ0) is 16.2. The third kappa shape index (κ3) is 3.49. The molecule has 1 amide bonds. The number of hydrogen-bond acceptors (Lipinski definition) is 4. The van der Waals surface area contributed by atoms with Crippen molar-refractivity contribution in [3.63, 3.8) is 0 Å². The number of amides is 1. The van der Waals surface area contributed by atoms with Crippen molar-refractivity contribution < 1.29 is 9.52 Å². The number of nitrogens with zero attached hydrogens (tertiary/aromatic N) is 3. The molecule has 2 aromatic heterocycles. The molecule has 3 aromatic rings. The zero-order valence-corrected chi connectivity index (χ0v) is 12.4. The third-order valence-electron chi connectivity index (χ3n) is 3.26. The van der Waals surface area contributed by atoms with Crippen LogP contribution in [0.5, 0.6) is 0 Å². The van der Waals surface area contributed by atoms with Gasteiger partial charge in [0.1, 0.15) is 5.82 Å². The Labute approximate surface area is 133 Å². The van der Waals surface area contributed by atoms with Crippen molar-refractivity contribution in [2.75, 3.05) is 5.32 Å². The highest BCUT2D eigenvalue weighted by molar-refractivity contribution is 6.04. The molecule has 0 radical (unpaired) electrons. The fraction of sp³-hybridized carbons (Fsp3) is 0.0588. The van der Waals surface area contributed by atoms with Crippen LogP contribution in [0.15, 0.2) is 61.1 Å². The van der Waals surface area contributed by atoms with Crippen LogP contribution in [0.25, 0.3) is 11.3 Å². The maximum absolute atomic E-state index is 12.2. The predicted molar refractivity (Wildman–Crippen MR) is 85.6 cm³/mol. The van der Waals surface area contributed by atoms with Gasteiger partial charge in [-0.3, -0.25) is 4.79 Å². The molecule has 0 aliphatic heterocycles. The molecule has 0 bridgehead atoms. The van der Waals surface area contributed by atoms with E-state index in [-0.39, 0.29) is 5.91 Å². The molecule has 0 aliphatic rings. The van der Waals surface area contributed by atoms with Crippen molar-refractivity contribution in [3.8, 4) is 11.3 Å². The summed E-state index contributed by atoms with van der Waals surface area (Å²) in [6, 6.07) is 12.2. The van der Waals surface area contributed by atoms with Crippen LogP contribution in [0.3, 0.4) is 0 Å². The number of pyridine rings is 1. The van der Waals surface area contributed by atoms with Crippen molar-refractivity contribution in [3.05, 3.63) is 77.7 Å². The van der Waals surface area contributed by atoms with Gasteiger partial charge in [-0.05, 0) is 25.1 Å². The quantitative estimate of drug-likeness (QED) is 0.595. The predicted octanol–water partition coefficient (Wildman–Crippen LogP) is 2.34. The Kier molecular flexibility index (Phi) is 3.97. The molecule has 0 fully saturated rings. The highest BCUT2D eigenvalue weighted by atomic mass is 16.5. The van der Waals surface area contributed by atoms with Gasteiger partial charge in [0.15, 0.2) is 12.4 Å². The lowest BCUT2D eigenvalue weighted by atomic mass is 10.1. The molecule has 114 valence electrons. The fourth-order valence-corrected chi connectivity index (χ4v) is 2.14. The Morgan fingerprint density at radius 1 is 1.17 bits per heavy atom. The molecule has 0 spiro atoms. The largest absolute Gasteiger partial charge is 0.619 e. The molecule has 0 aliphatic carbocycles. The molecule has 0 unspecified atom stereocenters. The number of benzene rings is 1. The molecule has 2 heterocycles. The summed E-state index contributed by atoms with van der Waals surface area (Å²) >= 11 is 0. The molecular formula is C17H14N4O2. The first kappa shape index (κ1) is 14.6. The SMILES string of the molecule is Cc1nccc(-c2cccc(NC(=O)c3cc[n+]([O-])cc3)c2)n1. The summed E-state index contributed by atoms with van der Waals surface area (Å²) in [7, 11) is 0. The molecule has 0 atom stereocenters. The summed E-state index contributed by atoms with van der Waals surface area (Å²) in [4.78, 5) is 20.6. The van der Waals surface area contributed by atoms with Gasteiger partial charge in [-0.1, -0.05) is 12.1 Å². The molecular weight excluding hydrogens is 292 g/mol. The molecule has 1 aromatic carbocycles. The van der Waals surface area contributed by atoms with Crippen molar-refractivity contribution >= 4 is 11.6 Å². The second-order valence-electron chi connectivity index (χ2n) is 4.97. The minimum Gasteiger partial charge on any atom is -0.619 e. The van der Waals surface area contributed by atoms with E-state index in [9.17, 15) is 10.0 Å². The first-order chi connectivity index (χ1) is 11.1. The normalized spacial score (nSPS) is 10.3. The maximum atomic E-state index is 12.2. The van der Waals surface area contributed by atoms with Crippen LogP contribution in [0.2, 0.25) is 0 Å². The number of aryl methyl sites for hydroxylation is 1. The smallest absolute Gasteiger partial charge is 0.256 e. The van der Waals surface area contributed by atoms with Crippen LogP contribution >= 0.6 is 0 Å². The van der Waals surface area contributed by atoms with Crippen LogP contribution in [0.4, 0.5) is 5.69 Å². The summed E-state index contributed by atoms with van der Waals surface area (Å²) in [5.41, 5.74) is 2.75. The van der Waals surface area contributed by atoms with E-state index in [2.05, 4.69) is 15.3 Å². The first-order valence-corrected chi connectivity index (χ1v) is 7.02. The Balaban J connectivity index is 1.82. The van der Waals surface area contributed by atoms with E-state index >= 15 is 0 Å². The number of aromatic nitrogens is 3.